The van der Waals surface area contributed by atoms with E-state index in [-0.39, 0.29) is 0 Å². The van der Waals surface area contributed by atoms with E-state index in [4.69, 9.17) is 4.42 Å². The number of fused-ring (bicyclic) bond motifs is 3. The van der Waals surface area contributed by atoms with Gasteiger partial charge in [0.15, 0.2) is 5.58 Å². The monoisotopic (exact) mass is 245 g/mol. The lowest BCUT2D eigenvalue weighted by Gasteiger charge is -2.02. The molecule has 2 heteroatoms. The van der Waals surface area contributed by atoms with Crippen LogP contribution in [0.5, 0.6) is 0 Å². The molecule has 0 N–H and O–H groups in total. The van der Waals surface area contributed by atoms with Gasteiger partial charge in [-0.25, -0.2) is 0 Å². The average molecular weight is 245 g/mol. The van der Waals surface area contributed by atoms with E-state index in [0.29, 0.717) is 0 Å². The summed E-state index contributed by atoms with van der Waals surface area (Å²) in [6.45, 7) is 0. The Hall–Kier alpha value is -2.61. The highest BCUT2D eigenvalue weighted by Crippen LogP contribution is 2.35. The number of pyridine rings is 1. The topological polar surface area (TPSA) is 26.0 Å². The molecule has 2 heterocycles. The first-order chi connectivity index (χ1) is 9.43. The number of benzene rings is 2. The summed E-state index contributed by atoms with van der Waals surface area (Å²) in [6.07, 6.45) is 1.80. The highest BCUT2D eigenvalue weighted by molar-refractivity contribution is 6.10. The van der Waals surface area contributed by atoms with Crippen molar-refractivity contribution in [3.8, 4) is 11.1 Å². The van der Waals surface area contributed by atoms with Gasteiger partial charge in [-0.05, 0) is 29.3 Å². The van der Waals surface area contributed by atoms with Gasteiger partial charge in [0.2, 0.25) is 0 Å². The van der Waals surface area contributed by atoms with Gasteiger partial charge in [-0.2, -0.15) is 0 Å². The van der Waals surface area contributed by atoms with Crippen molar-refractivity contribution < 1.29 is 4.42 Å². The number of rotatable bonds is 1. The molecule has 0 aliphatic heterocycles. The predicted molar refractivity (Wildman–Crippen MR) is 77.0 cm³/mol. The van der Waals surface area contributed by atoms with Crippen LogP contribution >= 0.6 is 0 Å². The number of hydrogen-bond donors (Lipinski definition) is 0. The van der Waals surface area contributed by atoms with Crippen LogP contribution in [0.25, 0.3) is 33.2 Å². The lowest BCUT2D eigenvalue weighted by molar-refractivity contribution is 0.668. The van der Waals surface area contributed by atoms with E-state index >= 15 is 0 Å². The van der Waals surface area contributed by atoms with E-state index in [1.807, 2.05) is 42.5 Å². The summed E-state index contributed by atoms with van der Waals surface area (Å²) in [6, 6.07) is 20.3. The van der Waals surface area contributed by atoms with E-state index in [0.717, 1.165) is 27.6 Å². The number of aromatic nitrogens is 1. The molecule has 90 valence electrons. The average Bonchev–Trinajstić information content (AvgIpc) is 2.86. The van der Waals surface area contributed by atoms with Crippen molar-refractivity contribution in [3.05, 3.63) is 66.9 Å². The fourth-order valence-corrected chi connectivity index (χ4v) is 2.50. The Labute approximate surface area is 110 Å². The van der Waals surface area contributed by atoms with Crippen molar-refractivity contribution >= 4 is 22.1 Å². The molecule has 2 aromatic heterocycles. The van der Waals surface area contributed by atoms with Gasteiger partial charge in [0.05, 0.1) is 5.39 Å². The highest BCUT2D eigenvalue weighted by atomic mass is 16.3. The third kappa shape index (κ3) is 1.54. The fraction of sp³-hybridized carbons (Fsp3) is 0. The van der Waals surface area contributed by atoms with Crippen molar-refractivity contribution in [2.75, 3.05) is 0 Å². The molecular formula is C17H11NO. The Morgan fingerprint density at radius 1 is 0.737 bits per heavy atom. The van der Waals surface area contributed by atoms with Gasteiger partial charge in [0.1, 0.15) is 11.1 Å². The van der Waals surface area contributed by atoms with Gasteiger partial charge in [0.25, 0.3) is 0 Å². The largest absolute Gasteiger partial charge is 0.454 e. The smallest absolute Gasteiger partial charge is 0.153 e. The van der Waals surface area contributed by atoms with Crippen LogP contribution in [-0.4, -0.2) is 4.98 Å². The van der Waals surface area contributed by atoms with Gasteiger partial charge >= 0.3 is 0 Å². The van der Waals surface area contributed by atoms with Crippen LogP contribution in [0.15, 0.2) is 71.3 Å². The molecule has 0 unspecified atom stereocenters. The van der Waals surface area contributed by atoms with Crippen LogP contribution in [0.4, 0.5) is 0 Å². The molecular weight excluding hydrogens is 234 g/mol. The highest BCUT2D eigenvalue weighted by Gasteiger charge is 2.12. The van der Waals surface area contributed by atoms with Crippen LogP contribution in [0.3, 0.4) is 0 Å². The summed E-state index contributed by atoms with van der Waals surface area (Å²) in [5, 5.41) is 1.09. The predicted octanol–water partition coefficient (Wildman–Crippen LogP) is 4.65. The second-order valence-electron chi connectivity index (χ2n) is 4.50. The minimum atomic E-state index is 0.834. The van der Waals surface area contributed by atoms with E-state index < -0.39 is 0 Å². The molecule has 0 aliphatic rings. The minimum Gasteiger partial charge on any atom is -0.454 e. The second-order valence-corrected chi connectivity index (χ2v) is 4.50. The summed E-state index contributed by atoms with van der Waals surface area (Å²) >= 11 is 0. The molecule has 0 saturated heterocycles. The molecule has 0 radical (unpaired) electrons. The third-order valence-corrected chi connectivity index (χ3v) is 3.34. The molecule has 0 amide bonds. The lowest BCUT2D eigenvalue weighted by atomic mass is 10.0. The quantitative estimate of drug-likeness (QED) is 0.488. The van der Waals surface area contributed by atoms with Gasteiger partial charge < -0.3 is 4.42 Å². The van der Waals surface area contributed by atoms with Gasteiger partial charge in [0, 0.05) is 6.20 Å². The Kier molecular flexibility index (Phi) is 2.15. The standard InChI is InChI=1S/C17H11NO/c1-2-6-12(7-3-1)13-8-4-9-14-16(13)17-15(19-14)10-5-11-18-17/h1-11H. The first kappa shape index (κ1) is 10.3. The maximum absolute atomic E-state index is 5.85. The van der Waals surface area contributed by atoms with Crippen molar-refractivity contribution in [1.29, 1.82) is 0 Å². The number of hydrogen-bond acceptors (Lipinski definition) is 2. The molecule has 0 saturated carbocycles. The van der Waals surface area contributed by atoms with Gasteiger partial charge in [-0.15, -0.1) is 0 Å². The third-order valence-electron chi connectivity index (χ3n) is 3.34. The Balaban J connectivity index is 2.17. The SMILES string of the molecule is c1ccc(-c2cccc3oc4cccnc4c23)cc1. The first-order valence-electron chi connectivity index (χ1n) is 6.25. The maximum Gasteiger partial charge on any atom is 0.153 e. The summed E-state index contributed by atoms with van der Waals surface area (Å²) in [5.41, 5.74) is 4.99. The van der Waals surface area contributed by atoms with E-state index in [2.05, 4.69) is 23.2 Å². The minimum absolute atomic E-state index is 0.834. The molecule has 0 fully saturated rings. The summed E-state index contributed by atoms with van der Waals surface area (Å²) in [7, 11) is 0. The van der Waals surface area contributed by atoms with Crippen LogP contribution in [0, 0.1) is 0 Å². The van der Waals surface area contributed by atoms with Crippen LogP contribution < -0.4 is 0 Å². The molecule has 0 aliphatic carbocycles. The van der Waals surface area contributed by atoms with Crippen molar-refractivity contribution in [2.24, 2.45) is 0 Å². The Bertz CT molecular complexity index is 862. The van der Waals surface area contributed by atoms with Gasteiger partial charge in [-0.1, -0.05) is 42.5 Å². The molecule has 2 aromatic carbocycles. The molecule has 0 atom stereocenters. The molecule has 0 spiro atoms. The molecule has 0 bridgehead atoms. The van der Waals surface area contributed by atoms with Crippen LogP contribution in [-0.2, 0) is 0 Å². The lowest BCUT2D eigenvalue weighted by Crippen LogP contribution is -1.79. The normalized spacial score (nSPS) is 11.2. The zero-order valence-electron chi connectivity index (χ0n) is 10.2. The molecule has 2 nitrogen and oxygen atoms in total. The van der Waals surface area contributed by atoms with Gasteiger partial charge in [-0.3, -0.25) is 4.98 Å². The van der Waals surface area contributed by atoms with Crippen molar-refractivity contribution in [3.63, 3.8) is 0 Å². The molecule has 4 rings (SSSR count). The van der Waals surface area contributed by atoms with E-state index in [9.17, 15) is 0 Å². The fourth-order valence-electron chi connectivity index (χ4n) is 2.50. The van der Waals surface area contributed by atoms with E-state index in [1.54, 1.807) is 6.20 Å². The number of nitrogens with zero attached hydrogens (tertiary/aromatic N) is 1. The second kappa shape index (κ2) is 3.95. The summed E-state index contributed by atoms with van der Waals surface area (Å²) < 4.78 is 5.85. The first-order valence-corrected chi connectivity index (χ1v) is 6.25. The molecule has 4 aromatic rings. The van der Waals surface area contributed by atoms with Crippen LogP contribution in [0.2, 0.25) is 0 Å². The Morgan fingerprint density at radius 2 is 1.58 bits per heavy atom. The zero-order chi connectivity index (χ0) is 12.7. The number of furan rings is 1. The van der Waals surface area contributed by atoms with E-state index in [1.165, 1.54) is 5.56 Å². The molecule has 19 heavy (non-hydrogen) atoms. The Morgan fingerprint density at radius 3 is 2.47 bits per heavy atom. The van der Waals surface area contributed by atoms with Crippen molar-refractivity contribution in [1.82, 2.24) is 4.98 Å². The summed E-state index contributed by atoms with van der Waals surface area (Å²) in [4.78, 5) is 4.46. The summed E-state index contributed by atoms with van der Waals surface area (Å²) in [5.74, 6) is 0. The van der Waals surface area contributed by atoms with Crippen molar-refractivity contribution in [2.45, 2.75) is 0 Å². The zero-order valence-corrected chi connectivity index (χ0v) is 10.2. The van der Waals surface area contributed by atoms with Crippen LogP contribution in [0.1, 0.15) is 0 Å². The maximum atomic E-state index is 5.85.